The average Bonchev–Trinajstić information content (AvgIpc) is 3.33. The zero-order chi connectivity index (χ0) is 16.7. The third-order valence-corrected chi connectivity index (χ3v) is 3.76. The van der Waals surface area contributed by atoms with Crippen LogP contribution in [0, 0.1) is 17.7 Å². The number of allylic oxidation sites excluding steroid dienone is 2. The van der Waals surface area contributed by atoms with Crippen LogP contribution in [0.2, 0.25) is 0 Å². The van der Waals surface area contributed by atoms with Crippen LogP contribution in [-0.4, -0.2) is 6.61 Å². The van der Waals surface area contributed by atoms with Crippen LogP contribution < -0.4 is 4.74 Å². The van der Waals surface area contributed by atoms with E-state index >= 15 is 0 Å². The van der Waals surface area contributed by atoms with Gasteiger partial charge in [-0.05, 0) is 48.8 Å². The molecule has 22 heavy (non-hydrogen) atoms. The Kier molecular flexibility index (Phi) is 7.37. The number of hydrogen-bond donors (Lipinski definition) is 0. The van der Waals surface area contributed by atoms with Gasteiger partial charge in [0.2, 0.25) is 0 Å². The summed E-state index contributed by atoms with van der Waals surface area (Å²) in [5, 5.41) is 0. The van der Waals surface area contributed by atoms with Crippen LogP contribution in [0.15, 0.2) is 24.8 Å². The molecule has 1 aliphatic rings. The summed E-state index contributed by atoms with van der Waals surface area (Å²) in [6.45, 7) is 14.7. The van der Waals surface area contributed by atoms with Gasteiger partial charge < -0.3 is 4.74 Å². The highest BCUT2D eigenvalue weighted by Gasteiger charge is 2.24. The Labute approximate surface area is 134 Å². The molecule has 0 N–H and O–H groups in total. The topological polar surface area (TPSA) is 9.23 Å². The zero-order valence-corrected chi connectivity index (χ0v) is 14.6. The highest BCUT2D eigenvalue weighted by Crippen LogP contribution is 2.36. The molecule has 0 amide bonds. The SMILES string of the molecule is C=Cc1c(/C(=C\C)C(C)C)ccc(F)c1OCC1CC1.CC. The Balaban J connectivity index is 0.00000116. The molecular weight excluding hydrogens is 275 g/mol. The summed E-state index contributed by atoms with van der Waals surface area (Å²) in [5.41, 5.74) is 2.98. The van der Waals surface area contributed by atoms with Crippen LogP contribution in [0.25, 0.3) is 11.6 Å². The molecule has 0 aliphatic heterocycles. The van der Waals surface area contributed by atoms with Gasteiger partial charge in [0.15, 0.2) is 11.6 Å². The van der Waals surface area contributed by atoms with Gasteiger partial charge in [0.05, 0.1) is 6.61 Å². The second-order valence-corrected chi connectivity index (χ2v) is 5.69. The number of rotatable bonds is 6. The molecule has 1 fully saturated rings. The predicted octanol–water partition coefficient (Wildman–Crippen LogP) is 6.34. The summed E-state index contributed by atoms with van der Waals surface area (Å²) in [4.78, 5) is 0. The number of ether oxygens (including phenoxy) is 1. The molecule has 1 aromatic rings. The van der Waals surface area contributed by atoms with Crippen molar-refractivity contribution in [1.29, 1.82) is 0 Å². The van der Waals surface area contributed by atoms with E-state index < -0.39 is 0 Å². The standard InChI is InChI=1S/C18H23FO.C2H6/c1-5-14(12(3)4)16-9-10-17(19)18(15(16)6-2)20-11-13-7-8-13;1-2/h5-6,9-10,12-13H,2,7-8,11H2,1,3-4H3;1-2H3/b14-5-;. The fraction of sp³-hybridized carbons (Fsp3) is 0.500. The molecule has 2 rings (SSSR count). The van der Waals surface area contributed by atoms with Crippen molar-refractivity contribution in [2.45, 2.75) is 47.5 Å². The molecule has 1 aliphatic carbocycles. The average molecular weight is 304 g/mol. The first-order valence-corrected chi connectivity index (χ1v) is 8.32. The number of benzene rings is 1. The maximum Gasteiger partial charge on any atom is 0.165 e. The lowest BCUT2D eigenvalue weighted by molar-refractivity contribution is 0.284. The first-order valence-electron chi connectivity index (χ1n) is 8.32. The van der Waals surface area contributed by atoms with Crippen molar-refractivity contribution < 1.29 is 9.13 Å². The molecule has 0 heterocycles. The summed E-state index contributed by atoms with van der Waals surface area (Å²) >= 11 is 0. The van der Waals surface area contributed by atoms with E-state index in [2.05, 4.69) is 26.5 Å². The molecule has 1 nitrogen and oxygen atoms in total. The molecule has 1 saturated carbocycles. The second kappa shape index (κ2) is 8.77. The van der Waals surface area contributed by atoms with E-state index in [9.17, 15) is 4.39 Å². The Bertz CT molecular complexity index is 525. The van der Waals surface area contributed by atoms with Gasteiger partial charge in [-0.15, -0.1) is 0 Å². The number of halogens is 1. The molecule has 0 atom stereocenters. The molecule has 0 spiro atoms. The van der Waals surface area contributed by atoms with Crippen molar-refractivity contribution >= 4 is 11.6 Å². The summed E-state index contributed by atoms with van der Waals surface area (Å²) in [6.07, 6.45) is 6.16. The van der Waals surface area contributed by atoms with E-state index in [-0.39, 0.29) is 5.82 Å². The molecule has 0 unspecified atom stereocenters. The number of hydrogen-bond acceptors (Lipinski definition) is 1. The van der Waals surface area contributed by atoms with Crippen molar-refractivity contribution in [3.8, 4) is 5.75 Å². The molecule has 2 heteroatoms. The first-order chi connectivity index (χ1) is 10.6. The van der Waals surface area contributed by atoms with Crippen LogP contribution in [-0.2, 0) is 0 Å². The van der Waals surface area contributed by atoms with Crippen LogP contribution in [0.4, 0.5) is 4.39 Å². The minimum Gasteiger partial charge on any atom is -0.490 e. The zero-order valence-electron chi connectivity index (χ0n) is 14.6. The highest BCUT2D eigenvalue weighted by molar-refractivity contribution is 5.77. The molecule has 0 bridgehead atoms. The van der Waals surface area contributed by atoms with Crippen LogP contribution in [0.3, 0.4) is 0 Å². The minimum atomic E-state index is -0.302. The Morgan fingerprint density at radius 1 is 1.36 bits per heavy atom. The third-order valence-electron chi connectivity index (χ3n) is 3.76. The molecule has 0 aromatic heterocycles. The van der Waals surface area contributed by atoms with Gasteiger partial charge in [-0.1, -0.05) is 52.5 Å². The van der Waals surface area contributed by atoms with Gasteiger partial charge in [0, 0.05) is 5.56 Å². The maximum absolute atomic E-state index is 14.1. The van der Waals surface area contributed by atoms with Gasteiger partial charge >= 0.3 is 0 Å². The summed E-state index contributed by atoms with van der Waals surface area (Å²) < 4.78 is 19.8. The maximum atomic E-state index is 14.1. The quantitative estimate of drug-likeness (QED) is 0.595. The fourth-order valence-corrected chi connectivity index (χ4v) is 2.46. The van der Waals surface area contributed by atoms with Crippen LogP contribution in [0.5, 0.6) is 5.75 Å². The fourth-order valence-electron chi connectivity index (χ4n) is 2.46. The summed E-state index contributed by atoms with van der Waals surface area (Å²) in [6, 6.07) is 3.32. The smallest absolute Gasteiger partial charge is 0.165 e. The summed E-state index contributed by atoms with van der Waals surface area (Å²) in [5.74, 6) is 1.02. The monoisotopic (exact) mass is 304 g/mol. The third kappa shape index (κ3) is 4.46. The predicted molar refractivity (Wildman–Crippen MR) is 94.5 cm³/mol. The van der Waals surface area contributed by atoms with Gasteiger partial charge in [0.1, 0.15) is 0 Å². The van der Waals surface area contributed by atoms with Gasteiger partial charge in [0.25, 0.3) is 0 Å². The van der Waals surface area contributed by atoms with E-state index in [4.69, 9.17) is 4.74 Å². The second-order valence-electron chi connectivity index (χ2n) is 5.69. The lowest BCUT2D eigenvalue weighted by Gasteiger charge is -2.18. The van der Waals surface area contributed by atoms with Crippen molar-refractivity contribution in [1.82, 2.24) is 0 Å². The first kappa shape index (κ1) is 18.5. The van der Waals surface area contributed by atoms with Crippen molar-refractivity contribution in [2.75, 3.05) is 6.61 Å². The van der Waals surface area contributed by atoms with Gasteiger partial charge in [-0.2, -0.15) is 0 Å². The molecule has 0 saturated heterocycles. The van der Waals surface area contributed by atoms with E-state index in [1.807, 2.05) is 26.8 Å². The lowest BCUT2D eigenvalue weighted by Crippen LogP contribution is -2.05. The van der Waals surface area contributed by atoms with Gasteiger partial charge in [-0.25, -0.2) is 4.39 Å². The van der Waals surface area contributed by atoms with Crippen molar-refractivity contribution in [3.05, 3.63) is 41.7 Å². The Hall–Kier alpha value is -1.57. The molecule has 122 valence electrons. The van der Waals surface area contributed by atoms with E-state index in [0.717, 1.165) is 11.1 Å². The van der Waals surface area contributed by atoms with Crippen LogP contribution >= 0.6 is 0 Å². The van der Waals surface area contributed by atoms with E-state index in [1.54, 1.807) is 6.08 Å². The van der Waals surface area contributed by atoms with E-state index in [0.29, 0.717) is 24.2 Å². The van der Waals surface area contributed by atoms with Crippen LogP contribution in [0.1, 0.15) is 58.6 Å². The molecule has 1 aromatic carbocycles. The minimum absolute atomic E-state index is 0.302. The van der Waals surface area contributed by atoms with Crippen molar-refractivity contribution in [3.63, 3.8) is 0 Å². The Morgan fingerprint density at radius 3 is 2.45 bits per heavy atom. The summed E-state index contributed by atoms with van der Waals surface area (Å²) in [7, 11) is 0. The normalized spacial score (nSPS) is 14.4. The largest absolute Gasteiger partial charge is 0.490 e. The van der Waals surface area contributed by atoms with Gasteiger partial charge in [-0.3, -0.25) is 0 Å². The lowest BCUT2D eigenvalue weighted by atomic mass is 9.91. The highest BCUT2D eigenvalue weighted by atomic mass is 19.1. The Morgan fingerprint density at radius 2 is 2.00 bits per heavy atom. The molecule has 0 radical (unpaired) electrons. The van der Waals surface area contributed by atoms with Crippen molar-refractivity contribution in [2.24, 2.45) is 11.8 Å². The van der Waals surface area contributed by atoms with E-state index in [1.165, 1.54) is 24.5 Å². The molecular formula is C20H29FO.